The summed E-state index contributed by atoms with van der Waals surface area (Å²) >= 11 is 1.69. The lowest BCUT2D eigenvalue weighted by molar-refractivity contribution is 1.05. The van der Waals surface area contributed by atoms with Gasteiger partial charge in [0.2, 0.25) is 0 Å². The second kappa shape index (κ2) is 7.03. The molecule has 3 heterocycles. The average Bonchev–Trinajstić information content (AvgIpc) is 3.34. The molecular weight excluding hydrogens is 380 g/mol. The minimum absolute atomic E-state index is 0.655. The summed E-state index contributed by atoms with van der Waals surface area (Å²) < 4.78 is 1.18. The lowest BCUT2D eigenvalue weighted by Crippen LogP contribution is -2.00. The van der Waals surface area contributed by atoms with Gasteiger partial charge >= 0.3 is 0 Å². The number of pyridine rings is 1. The van der Waals surface area contributed by atoms with Crippen LogP contribution in [0.25, 0.3) is 31.9 Å². The zero-order chi connectivity index (χ0) is 19.8. The predicted molar refractivity (Wildman–Crippen MR) is 119 cm³/mol. The molecule has 0 saturated heterocycles. The van der Waals surface area contributed by atoms with Crippen molar-refractivity contribution >= 4 is 38.9 Å². The van der Waals surface area contributed by atoms with Crippen molar-refractivity contribution in [2.75, 3.05) is 11.1 Å². The summed E-state index contributed by atoms with van der Waals surface area (Å²) in [7, 11) is 0. The van der Waals surface area contributed by atoms with Crippen LogP contribution >= 0.6 is 11.3 Å². The standard InChI is InChI=1S/C22H18N6S/c1-13-12-19(28-27-13)26-21-20(16(23)10-11-24-21)14-6-8-15(9-7-14)22-25-17-4-2-3-5-18(17)29-22/h2-12H,1H3,(H4,23,24,26,27,28). The number of thiazole rings is 1. The summed E-state index contributed by atoms with van der Waals surface area (Å²) in [6, 6.07) is 20.1. The van der Waals surface area contributed by atoms with E-state index in [1.54, 1.807) is 23.6 Å². The van der Waals surface area contributed by atoms with Crippen molar-refractivity contribution in [3.05, 3.63) is 72.6 Å². The molecule has 29 heavy (non-hydrogen) atoms. The first-order valence-electron chi connectivity index (χ1n) is 9.17. The van der Waals surface area contributed by atoms with Crippen LogP contribution in [0, 0.1) is 6.92 Å². The third-order valence-electron chi connectivity index (χ3n) is 4.65. The number of aryl methyl sites for hydroxylation is 1. The lowest BCUT2D eigenvalue weighted by Gasteiger charge is -2.12. The Labute approximate surface area is 171 Å². The Morgan fingerprint density at radius 1 is 1.00 bits per heavy atom. The summed E-state index contributed by atoms with van der Waals surface area (Å²) in [5.74, 6) is 1.37. The van der Waals surface area contributed by atoms with Crippen LogP contribution < -0.4 is 11.1 Å². The average molecular weight is 398 g/mol. The van der Waals surface area contributed by atoms with Gasteiger partial charge in [-0.2, -0.15) is 5.10 Å². The SMILES string of the molecule is Cc1cc(Nc2nccc(N)c2-c2ccc(-c3nc4ccccc4s3)cc2)n[nH]1. The van der Waals surface area contributed by atoms with E-state index in [4.69, 9.17) is 10.7 Å². The van der Waals surface area contributed by atoms with E-state index in [2.05, 4.69) is 50.8 Å². The topological polar surface area (TPSA) is 92.5 Å². The van der Waals surface area contributed by atoms with Crippen molar-refractivity contribution in [3.8, 4) is 21.7 Å². The van der Waals surface area contributed by atoms with Gasteiger partial charge in [-0.25, -0.2) is 9.97 Å². The Hall–Kier alpha value is -3.71. The number of anilines is 3. The molecule has 3 aromatic heterocycles. The molecule has 0 aliphatic heterocycles. The molecule has 0 unspecified atom stereocenters. The highest BCUT2D eigenvalue weighted by Gasteiger charge is 2.13. The van der Waals surface area contributed by atoms with Crippen molar-refractivity contribution < 1.29 is 0 Å². The van der Waals surface area contributed by atoms with E-state index in [1.807, 2.05) is 31.2 Å². The van der Waals surface area contributed by atoms with Crippen LogP contribution in [0.4, 0.5) is 17.3 Å². The zero-order valence-corrected chi connectivity index (χ0v) is 16.5. The molecule has 0 aliphatic rings. The van der Waals surface area contributed by atoms with Crippen molar-refractivity contribution in [1.29, 1.82) is 0 Å². The number of hydrogen-bond donors (Lipinski definition) is 3. The number of nitrogen functional groups attached to an aromatic ring is 1. The molecule has 0 spiro atoms. The molecule has 0 saturated carbocycles. The molecule has 7 heteroatoms. The van der Waals surface area contributed by atoms with Crippen molar-refractivity contribution in [2.24, 2.45) is 0 Å². The molecule has 2 aromatic carbocycles. The maximum absolute atomic E-state index is 6.29. The number of hydrogen-bond acceptors (Lipinski definition) is 6. The highest BCUT2D eigenvalue weighted by molar-refractivity contribution is 7.21. The van der Waals surface area contributed by atoms with Gasteiger partial charge in [-0.3, -0.25) is 5.10 Å². The van der Waals surface area contributed by atoms with Crippen LogP contribution in [-0.2, 0) is 0 Å². The Balaban J connectivity index is 1.51. The van der Waals surface area contributed by atoms with Crippen LogP contribution in [0.3, 0.4) is 0 Å². The number of para-hydroxylation sites is 1. The molecule has 6 nitrogen and oxygen atoms in total. The molecule has 0 atom stereocenters. The Kier molecular flexibility index (Phi) is 4.22. The number of fused-ring (bicyclic) bond motifs is 1. The number of nitrogens with two attached hydrogens (primary N) is 1. The number of nitrogens with zero attached hydrogens (tertiary/aromatic N) is 3. The second-order valence-electron chi connectivity index (χ2n) is 6.75. The highest BCUT2D eigenvalue weighted by Crippen LogP contribution is 2.36. The van der Waals surface area contributed by atoms with Gasteiger partial charge in [-0.1, -0.05) is 36.4 Å². The van der Waals surface area contributed by atoms with Gasteiger partial charge in [0, 0.05) is 34.8 Å². The normalized spacial score (nSPS) is 11.1. The second-order valence-corrected chi connectivity index (χ2v) is 7.78. The fourth-order valence-corrected chi connectivity index (χ4v) is 4.22. The Morgan fingerprint density at radius 2 is 1.79 bits per heavy atom. The van der Waals surface area contributed by atoms with E-state index in [1.165, 1.54) is 4.70 Å². The third kappa shape index (κ3) is 3.32. The summed E-state index contributed by atoms with van der Waals surface area (Å²) in [5.41, 5.74) is 11.9. The quantitative estimate of drug-likeness (QED) is 0.378. The van der Waals surface area contributed by atoms with Gasteiger partial charge in [0.1, 0.15) is 10.8 Å². The monoisotopic (exact) mass is 398 g/mol. The van der Waals surface area contributed by atoms with Gasteiger partial charge in [-0.05, 0) is 30.7 Å². The van der Waals surface area contributed by atoms with E-state index < -0.39 is 0 Å². The fraction of sp³-hybridized carbons (Fsp3) is 0.0455. The number of H-pyrrole nitrogens is 1. The number of aromatic nitrogens is 4. The van der Waals surface area contributed by atoms with Crippen LogP contribution in [0.1, 0.15) is 5.69 Å². The molecule has 5 rings (SSSR count). The van der Waals surface area contributed by atoms with Crippen LogP contribution in [0.15, 0.2) is 66.9 Å². The molecule has 0 bridgehead atoms. The molecule has 4 N–H and O–H groups in total. The molecule has 0 aliphatic carbocycles. The first-order chi connectivity index (χ1) is 14.2. The Bertz CT molecular complexity index is 1270. The van der Waals surface area contributed by atoms with Crippen molar-refractivity contribution in [2.45, 2.75) is 6.92 Å². The molecule has 0 amide bonds. The number of nitrogens with one attached hydrogen (secondary N) is 2. The van der Waals surface area contributed by atoms with Crippen molar-refractivity contribution in [1.82, 2.24) is 20.2 Å². The fourth-order valence-electron chi connectivity index (χ4n) is 3.25. The van der Waals surface area contributed by atoms with E-state index in [-0.39, 0.29) is 0 Å². The van der Waals surface area contributed by atoms with E-state index >= 15 is 0 Å². The Morgan fingerprint density at radius 3 is 2.55 bits per heavy atom. The van der Waals surface area contributed by atoms with E-state index in [9.17, 15) is 0 Å². The smallest absolute Gasteiger partial charge is 0.153 e. The van der Waals surface area contributed by atoms with Gasteiger partial charge in [0.15, 0.2) is 5.82 Å². The first-order valence-corrected chi connectivity index (χ1v) is 9.99. The van der Waals surface area contributed by atoms with Gasteiger partial charge < -0.3 is 11.1 Å². The minimum atomic E-state index is 0.655. The molecule has 0 fully saturated rings. The summed E-state index contributed by atoms with van der Waals surface area (Å²) in [6.45, 7) is 1.95. The van der Waals surface area contributed by atoms with E-state index in [0.717, 1.165) is 32.9 Å². The zero-order valence-electron chi connectivity index (χ0n) is 15.7. The maximum atomic E-state index is 6.29. The summed E-state index contributed by atoms with van der Waals surface area (Å²) in [5, 5.41) is 11.4. The van der Waals surface area contributed by atoms with E-state index in [0.29, 0.717) is 17.3 Å². The van der Waals surface area contributed by atoms with Gasteiger partial charge in [0.05, 0.1) is 10.2 Å². The van der Waals surface area contributed by atoms with Crippen LogP contribution in [0.2, 0.25) is 0 Å². The van der Waals surface area contributed by atoms with Crippen LogP contribution in [-0.4, -0.2) is 20.2 Å². The lowest BCUT2D eigenvalue weighted by atomic mass is 10.0. The summed E-state index contributed by atoms with van der Waals surface area (Å²) in [4.78, 5) is 9.21. The first kappa shape index (κ1) is 17.4. The molecule has 142 valence electrons. The molecule has 5 aromatic rings. The largest absolute Gasteiger partial charge is 0.398 e. The van der Waals surface area contributed by atoms with Gasteiger partial charge in [-0.15, -0.1) is 11.3 Å². The third-order valence-corrected chi connectivity index (χ3v) is 5.74. The predicted octanol–water partition coefficient (Wildman–Crippen LogP) is 5.38. The van der Waals surface area contributed by atoms with Gasteiger partial charge in [0.25, 0.3) is 0 Å². The number of benzene rings is 2. The molecule has 0 radical (unpaired) electrons. The maximum Gasteiger partial charge on any atom is 0.153 e. The number of rotatable bonds is 4. The minimum Gasteiger partial charge on any atom is -0.398 e. The van der Waals surface area contributed by atoms with Crippen LogP contribution in [0.5, 0.6) is 0 Å². The van der Waals surface area contributed by atoms with Crippen molar-refractivity contribution in [3.63, 3.8) is 0 Å². The summed E-state index contributed by atoms with van der Waals surface area (Å²) in [6.07, 6.45) is 1.69. The highest BCUT2D eigenvalue weighted by atomic mass is 32.1. The number of aromatic amines is 1. The molecular formula is C22H18N6S.